The number of rotatable bonds is 5. The van der Waals surface area contributed by atoms with E-state index in [1.165, 1.54) is 0 Å². The molecule has 0 aromatic heterocycles. The van der Waals surface area contributed by atoms with Gasteiger partial charge in [0, 0.05) is 26.1 Å². The van der Waals surface area contributed by atoms with Crippen LogP contribution in [0, 0.1) is 19.8 Å². The fourth-order valence-corrected chi connectivity index (χ4v) is 4.90. The van der Waals surface area contributed by atoms with Crippen LogP contribution in [-0.2, 0) is 20.6 Å². The van der Waals surface area contributed by atoms with Gasteiger partial charge in [0.25, 0.3) is 0 Å². The second kappa shape index (κ2) is 6.65. The second-order valence-electron chi connectivity index (χ2n) is 5.65. The summed E-state index contributed by atoms with van der Waals surface area (Å²) >= 11 is 5.91. The molecule has 1 aromatic rings. The maximum Gasteiger partial charge on any atom is 0.243 e. The van der Waals surface area contributed by atoms with Gasteiger partial charge in [-0.2, -0.15) is 4.31 Å². The molecule has 0 radical (unpaired) electrons. The Hall–Kier alpha value is -0.620. The van der Waals surface area contributed by atoms with Crippen molar-refractivity contribution in [2.45, 2.75) is 31.0 Å². The van der Waals surface area contributed by atoms with Crippen LogP contribution in [-0.4, -0.2) is 39.5 Å². The predicted molar refractivity (Wildman–Crippen MR) is 84.2 cm³/mol. The summed E-state index contributed by atoms with van der Waals surface area (Å²) in [7, 11) is -1.80. The molecule has 0 saturated carbocycles. The number of sulfonamides is 1. The third-order valence-corrected chi connectivity index (χ3v) is 6.34. The molecule has 118 valence electrons. The van der Waals surface area contributed by atoms with E-state index in [0.717, 1.165) is 23.1 Å². The summed E-state index contributed by atoms with van der Waals surface area (Å²) in [5, 5.41) is 0. The number of nitrogens with zero attached hydrogens (tertiary/aromatic N) is 1. The van der Waals surface area contributed by atoms with E-state index in [4.69, 9.17) is 16.3 Å². The summed E-state index contributed by atoms with van der Waals surface area (Å²) in [6, 6.07) is 3.62. The fourth-order valence-electron chi connectivity index (χ4n) is 2.82. The molecular weight excluding hydrogens is 310 g/mol. The van der Waals surface area contributed by atoms with Crippen molar-refractivity contribution in [2.24, 2.45) is 5.92 Å². The lowest BCUT2D eigenvalue weighted by atomic mass is 10.1. The highest BCUT2D eigenvalue weighted by molar-refractivity contribution is 7.89. The Labute approximate surface area is 132 Å². The van der Waals surface area contributed by atoms with Crippen LogP contribution in [0.3, 0.4) is 0 Å². The zero-order valence-electron chi connectivity index (χ0n) is 12.7. The van der Waals surface area contributed by atoms with E-state index in [0.29, 0.717) is 30.5 Å². The van der Waals surface area contributed by atoms with E-state index in [1.807, 2.05) is 19.9 Å². The number of halogens is 1. The quantitative estimate of drug-likeness (QED) is 0.779. The third kappa shape index (κ3) is 3.42. The smallest absolute Gasteiger partial charge is 0.243 e. The average Bonchev–Trinajstić information content (AvgIpc) is 2.88. The van der Waals surface area contributed by atoms with E-state index in [1.54, 1.807) is 17.5 Å². The van der Waals surface area contributed by atoms with Crippen LogP contribution in [0.5, 0.6) is 0 Å². The predicted octanol–water partition coefficient (Wildman–Crippen LogP) is 2.70. The van der Waals surface area contributed by atoms with E-state index in [9.17, 15) is 8.42 Å². The van der Waals surface area contributed by atoms with Gasteiger partial charge in [0.1, 0.15) is 0 Å². The first-order chi connectivity index (χ1) is 9.90. The summed E-state index contributed by atoms with van der Waals surface area (Å²) in [4.78, 5) is 0.377. The topological polar surface area (TPSA) is 46.6 Å². The maximum absolute atomic E-state index is 12.8. The van der Waals surface area contributed by atoms with Gasteiger partial charge < -0.3 is 4.74 Å². The standard InChI is InChI=1S/C15H22ClNO3S/c1-11-6-12(2)15(7-14(11)8-16)21(18,19)17-5-4-13(9-17)10-20-3/h6-7,13H,4-5,8-10H2,1-3H3. The minimum atomic E-state index is -3.45. The Morgan fingerprint density at radius 1 is 1.33 bits per heavy atom. The Morgan fingerprint density at radius 3 is 2.67 bits per heavy atom. The normalized spacial score (nSPS) is 20.1. The highest BCUT2D eigenvalue weighted by Crippen LogP contribution is 2.28. The first-order valence-electron chi connectivity index (χ1n) is 7.05. The van der Waals surface area contributed by atoms with Crippen molar-refractivity contribution in [1.29, 1.82) is 0 Å². The lowest BCUT2D eigenvalue weighted by molar-refractivity contribution is 0.157. The zero-order chi connectivity index (χ0) is 15.6. The van der Waals surface area contributed by atoms with Crippen molar-refractivity contribution in [2.75, 3.05) is 26.8 Å². The van der Waals surface area contributed by atoms with Crippen molar-refractivity contribution < 1.29 is 13.2 Å². The van der Waals surface area contributed by atoms with Gasteiger partial charge in [0.05, 0.1) is 11.5 Å². The minimum Gasteiger partial charge on any atom is -0.384 e. The number of hydrogen-bond acceptors (Lipinski definition) is 3. The van der Waals surface area contributed by atoms with E-state index in [2.05, 4.69) is 0 Å². The molecule has 0 N–H and O–H groups in total. The van der Waals surface area contributed by atoms with Crippen LogP contribution in [0.2, 0.25) is 0 Å². The number of aryl methyl sites for hydroxylation is 2. The van der Waals surface area contributed by atoms with Crippen molar-refractivity contribution in [3.63, 3.8) is 0 Å². The minimum absolute atomic E-state index is 0.281. The molecular formula is C15H22ClNO3S. The van der Waals surface area contributed by atoms with Crippen molar-refractivity contribution in [3.8, 4) is 0 Å². The third-order valence-electron chi connectivity index (χ3n) is 4.05. The van der Waals surface area contributed by atoms with E-state index >= 15 is 0 Å². The molecule has 2 rings (SSSR count). The number of hydrogen-bond donors (Lipinski definition) is 0. The van der Waals surface area contributed by atoms with Gasteiger partial charge in [-0.15, -0.1) is 11.6 Å². The number of benzene rings is 1. The van der Waals surface area contributed by atoms with Gasteiger partial charge in [0.15, 0.2) is 0 Å². The summed E-state index contributed by atoms with van der Waals surface area (Å²) in [5.74, 6) is 0.601. The molecule has 1 unspecified atom stereocenters. The van der Waals surface area contributed by atoms with Crippen molar-refractivity contribution >= 4 is 21.6 Å². The Bertz CT molecular complexity index is 616. The first-order valence-corrected chi connectivity index (χ1v) is 9.02. The van der Waals surface area contributed by atoms with Crippen LogP contribution in [0.4, 0.5) is 0 Å². The monoisotopic (exact) mass is 331 g/mol. The van der Waals surface area contributed by atoms with Gasteiger partial charge in [0.2, 0.25) is 10.0 Å². The van der Waals surface area contributed by atoms with Gasteiger partial charge in [-0.25, -0.2) is 8.42 Å². The second-order valence-corrected chi connectivity index (χ2v) is 7.82. The number of ether oxygens (including phenoxy) is 1. The zero-order valence-corrected chi connectivity index (χ0v) is 14.3. The number of alkyl halides is 1. The summed E-state index contributed by atoms with van der Waals surface area (Å²) in [5.41, 5.74) is 2.67. The van der Waals surface area contributed by atoms with Crippen LogP contribution in [0.15, 0.2) is 17.0 Å². The summed E-state index contributed by atoms with van der Waals surface area (Å²) < 4.78 is 32.3. The molecule has 0 bridgehead atoms. The summed E-state index contributed by atoms with van der Waals surface area (Å²) in [6.45, 7) is 5.47. The fraction of sp³-hybridized carbons (Fsp3) is 0.600. The molecule has 1 aromatic carbocycles. The lowest BCUT2D eigenvalue weighted by Crippen LogP contribution is -2.30. The molecule has 4 nitrogen and oxygen atoms in total. The van der Waals surface area contributed by atoms with Crippen LogP contribution < -0.4 is 0 Å². The molecule has 6 heteroatoms. The molecule has 1 atom stereocenters. The molecule has 21 heavy (non-hydrogen) atoms. The molecule has 1 fully saturated rings. The molecule has 0 aliphatic carbocycles. The first kappa shape index (κ1) is 16.7. The molecule has 1 aliphatic rings. The van der Waals surface area contributed by atoms with Gasteiger partial charge in [-0.1, -0.05) is 6.07 Å². The number of methoxy groups -OCH3 is 1. The van der Waals surface area contributed by atoms with Crippen LogP contribution in [0.1, 0.15) is 23.1 Å². The largest absolute Gasteiger partial charge is 0.384 e. The summed E-state index contributed by atoms with van der Waals surface area (Å²) in [6.07, 6.45) is 0.848. The highest BCUT2D eigenvalue weighted by atomic mass is 35.5. The Balaban J connectivity index is 2.32. The van der Waals surface area contributed by atoms with Gasteiger partial charge >= 0.3 is 0 Å². The van der Waals surface area contributed by atoms with Gasteiger partial charge in [-0.3, -0.25) is 0 Å². The highest BCUT2D eigenvalue weighted by Gasteiger charge is 2.33. The molecule has 1 heterocycles. The van der Waals surface area contributed by atoms with Crippen molar-refractivity contribution in [3.05, 3.63) is 28.8 Å². The van der Waals surface area contributed by atoms with E-state index < -0.39 is 10.0 Å². The maximum atomic E-state index is 12.8. The van der Waals surface area contributed by atoms with Crippen LogP contribution >= 0.6 is 11.6 Å². The molecule has 0 spiro atoms. The molecule has 1 saturated heterocycles. The molecule has 1 aliphatic heterocycles. The van der Waals surface area contributed by atoms with E-state index in [-0.39, 0.29) is 5.92 Å². The SMILES string of the molecule is COCC1CCN(S(=O)(=O)c2cc(CCl)c(C)cc2C)C1. The Kier molecular flexibility index (Phi) is 5.30. The van der Waals surface area contributed by atoms with Crippen molar-refractivity contribution in [1.82, 2.24) is 4.31 Å². The lowest BCUT2D eigenvalue weighted by Gasteiger charge is -2.19. The molecule has 0 amide bonds. The van der Waals surface area contributed by atoms with Crippen LogP contribution in [0.25, 0.3) is 0 Å². The van der Waals surface area contributed by atoms with Gasteiger partial charge in [-0.05, 0) is 48.9 Å². The Morgan fingerprint density at radius 2 is 2.05 bits per heavy atom. The average molecular weight is 332 g/mol.